The number of benzene rings is 2. The molecule has 0 saturated carbocycles. The van der Waals surface area contributed by atoms with Crippen LogP contribution >= 0.6 is 0 Å². The number of aliphatic hydroxyl groups is 1. The lowest BCUT2D eigenvalue weighted by Gasteiger charge is -2.29. The quantitative estimate of drug-likeness (QED) is 0.268. The monoisotopic (exact) mass is 520 g/mol. The van der Waals surface area contributed by atoms with Crippen LogP contribution in [0, 0.1) is 6.92 Å². The van der Waals surface area contributed by atoms with E-state index < -0.39 is 17.7 Å². The second kappa shape index (κ2) is 12.6. The van der Waals surface area contributed by atoms with Crippen LogP contribution in [0.3, 0.4) is 0 Å². The van der Waals surface area contributed by atoms with E-state index in [0.717, 1.165) is 49.4 Å². The van der Waals surface area contributed by atoms with Gasteiger partial charge in [0.1, 0.15) is 11.5 Å². The number of morpholine rings is 1. The highest BCUT2D eigenvalue weighted by molar-refractivity contribution is 6.46. The van der Waals surface area contributed by atoms with Crippen molar-refractivity contribution in [3.8, 4) is 5.75 Å². The summed E-state index contributed by atoms with van der Waals surface area (Å²) in [6, 6.07) is 12.8. The summed E-state index contributed by atoms with van der Waals surface area (Å²) in [7, 11) is 0. The molecule has 0 bridgehead atoms. The van der Waals surface area contributed by atoms with Crippen molar-refractivity contribution in [1.29, 1.82) is 0 Å². The number of aryl methyl sites for hydroxylation is 1. The molecule has 2 aliphatic rings. The zero-order chi connectivity index (χ0) is 27.2. The number of hydrogen-bond donors (Lipinski definition) is 1. The van der Waals surface area contributed by atoms with Gasteiger partial charge in [-0.1, -0.05) is 45.0 Å². The standard InChI is InChI=1S/C31H40N2O5/c1-5-17-38-26-12-11-25(20-22(26)4)29(34)27-28(24-9-7-23(8-10-24)21(2)3)33(31(36)30(27)35)14-6-13-32-15-18-37-19-16-32/h7-12,20-21,28,34H,5-6,13-19H2,1-4H3/b29-27+. The summed E-state index contributed by atoms with van der Waals surface area (Å²) in [4.78, 5) is 30.6. The molecule has 0 spiro atoms. The Morgan fingerprint density at radius 1 is 1.08 bits per heavy atom. The van der Waals surface area contributed by atoms with Crippen molar-refractivity contribution in [2.45, 2.75) is 52.5 Å². The fourth-order valence-corrected chi connectivity index (χ4v) is 5.14. The summed E-state index contributed by atoms with van der Waals surface area (Å²) in [6.45, 7) is 13.2. The maximum Gasteiger partial charge on any atom is 0.295 e. The van der Waals surface area contributed by atoms with Gasteiger partial charge < -0.3 is 19.5 Å². The zero-order valence-electron chi connectivity index (χ0n) is 23.0. The molecule has 0 aromatic heterocycles. The van der Waals surface area contributed by atoms with E-state index in [9.17, 15) is 14.7 Å². The van der Waals surface area contributed by atoms with Gasteiger partial charge in [0.05, 0.1) is 31.4 Å². The molecule has 4 rings (SSSR count). The molecule has 7 heteroatoms. The number of carbonyl (C=O) groups excluding carboxylic acids is 2. The Morgan fingerprint density at radius 2 is 1.79 bits per heavy atom. The highest BCUT2D eigenvalue weighted by Gasteiger charge is 2.45. The third-order valence-corrected chi connectivity index (χ3v) is 7.35. The number of rotatable bonds is 10. The van der Waals surface area contributed by atoms with Crippen LogP contribution in [0.5, 0.6) is 5.75 Å². The first kappa shape index (κ1) is 27.9. The number of ether oxygens (including phenoxy) is 2. The topological polar surface area (TPSA) is 79.3 Å². The summed E-state index contributed by atoms with van der Waals surface area (Å²) in [5, 5.41) is 11.4. The lowest BCUT2D eigenvalue weighted by atomic mass is 9.93. The molecule has 38 heavy (non-hydrogen) atoms. The highest BCUT2D eigenvalue weighted by atomic mass is 16.5. The Hall–Kier alpha value is -3.16. The molecule has 0 aliphatic carbocycles. The minimum atomic E-state index is -0.643. The molecule has 2 aromatic rings. The van der Waals surface area contributed by atoms with Crippen LogP contribution in [0.25, 0.3) is 5.76 Å². The predicted molar refractivity (Wildman–Crippen MR) is 148 cm³/mol. The highest BCUT2D eigenvalue weighted by Crippen LogP contribution is 2.40. The first-order chi connectivity index (χ1) is 18.3. The first-order valence-corrected chi connectivity index (χ1v) is 13.7. The van der Waals surface area contributed by atoms with Crippen molar-refractivity contribution < 1.29 is 24.2 Å². The Balaban J connectivity index is 1.68. The number of ketones is 1. The molecule has 2 heterocycles. The van der Waals surface area contributed by atoms with Crippen molar-refractivity contribution in [2.75, 3.05) is 46.0 Å². The van der Waals surface area contributed by atoms with Crippen LogP contribution in [0.4, 0.5) is 0 Å². The maximum absolute atomic E-state index is 13.4. The van der Waals surface area contributed by atoms with Crippen molar-refractivity contribution in [3.63, 3.8) is 0 Å². The van der Waals surface area contributed by atoms with E-state index >= 15 is 0 Å². The van der Waals surface area contributed by atoms with Gasteiger partial charge in [0.2, 0.25) is 0 Å². The lowest BCUT2D eigenvalue weighted by molar-refractivity contribution is -0.140. The fraction of sp³-hybridized carbons (Fsp3) is 0.484. The molecule has 0 radical (unpaired) electrons. The molecule has 2 fully saturated rings. The van der Waals surface area contributed by atoms with E-state index in [1.54, 1.807) is 11.0 Å². The molecule has 2 aliphatic heterocycles. The zero-order valence-corrected chi connectivity index (χ0v) is 23.0. The van der Waals surface area contributed by atoms with Crippen molar-refractivity contribution in [3.05, 3.63) is 70.3 Å². The molecule has 204 valence electrons. The molecule has 2 saturated heterocycles. The molecule has 1 unspecified atom stereocenters. The van der Waals surface area contributed by atoms with E-state index in [-0.39, 0.29) is 11.3 Å². The maximum atomic E-state index is 13.4. The van der Waals surface area contributed by atoms with Gasteiger partial charge in [0.25, 0.3) is 11.7 Å². The molecule has 1 N–H and O–H groups in total. The van der Waals surface area contributed by atoms with Gasteiger partial charge in [-0.05, 0) is 60.6 Å². The molecular weight excluding hydrogens is 480 g/mol. The molecule has 2 aromatic carbocycles. The number of hydrogen-bond acceptors (Lipinski definition) is 6. The van der Waals surface area contributed by atoms with E-state index in [2.05, 4.69) is 18.7 Å². The van der Waals surface area contributed by atoms with Crippen molar-refractivity contribution in [1.82, 2.24) is 9.80 Å². The van der Waals surface area contributed by atoms with Gasteiger partial charge in [0, 0.05) is 31.7 Å². The van der Waals surface area contributed by atoms with Gasteiger partial charge in [-0.3, -0.25) is 14.5 Å². The fourth-order valence-electron chi connectivity index (χ4n) is 5.14. The number of carbonyl (C=O) groups is 2. The van der Waals surface area contributed by atoms with Gasteiger partial charge in [-0.2, -0.15) is 0 Å². The van der Waals surface area contributed by atoms with Crippen LogP contribution in [-0.4, -0.2) is 72.6 Å². The lowest BCUT2D eigenvalue weighted by Crippen LogP contribution is -2.38. The average Bonchev–Trinajstić information content (AvgIpc) is 3.17. The summed E-state index contributed by atoms with van der Waals surface area (Å²) < 4.78 is 11.2. The van der Waals surface area contributed by atoms with E-state index in [1.165, 1.54) is 5.56 Å². The van der Waals surface area contributed by atoms with Crippen molar-refractivity contribution >= 4 is 17.4 Å². The molecule has 1 atom stereocenters. The van der Waals surface area contributed by atoms with Crippen molar-refractivity contribution in [2.24, 2.45) is 0 Å². The van der Waals surface area contributed by atoms with Crippen LogP contribution in [0.15, 0.2) is 48.0 Å². The summed E-state index contributed by atoms with van der Waals surface area (Å²) in [5.41, 5.74) is 3.50. The average molecular weight is 521 g/mol. The van der Waals surface area contributed by atoms with Crippen LogP contribution in [-0.2, 0) is 14.3 Å². The molecule has 7 nitrogen and oxygen atoms in total. The second-order valence-corrected chi connectivity index (χ2v) is 10.5. The Labute approximate surface area is 226 Å². The minimum absolute atomic E-state index is 0.139. The van der Waals surface area contributed by atoms with E-state index in [0.29, 0.717) is 37.8 Å². The largest absolute Gasteiger partial charge is 0.507 e. The molecular formula is C31H40N2O5. The van der Waals surface area contributed by atoms with Crippen LogP contribution < -0.4 is 4.74 Å². The number of nitrogens with zero attached hydrogens (tertiary/aromatic N) is 2. The minimum Gasteiger partial charge on any atom is -0.507 e. The summed E-state index contributed by atoms with van der Waals surface area (Å²) >= 11 is 0. The van der Waals surface area contributed by atoms with E-state index in [1.807, 2.05) is 50.2 Å². The predicted octanol–water partition coefficient (Wildman–Crippen LogP) is 5.05. The first-order valence-electron chi connectivity index (χ1n) is 13.7. The SMILES string of the molecule is CCCOc1ccc(/C(O)=C2\C(=O)C(=O)N(CCCN3CCOCC3)C2c2ccc(C(C)C)cc2)cc1C. The van der Waals surface area contributed by atoms with Gasteiger partial charge in [-0.25, -0.2) is 0 Å². The Morgan fingerprint density at radius 3 is 2.42 bits per heavy atom. The summed E-state index contributed by atoms with van der Waals surface area (Å²) in [5.74, 6) is -0.253. The number of Topliss-reactive ketones (excluding diaryl/α,β-unsaturated/α-hetero) is 1. The third-order valence-electron chi connectivity index (χ3n) is 7.35. The normalized spacial score (nSPS) is 19.9. The molecule has 1 amide bonds. The van der Waals surface area contributed by atoms with E-state index in [4.69, 9.17) is 9.47 Å². The smallest absolute Gasteiger partial charge is 0.295 e. The summed E-state index contributed by atoms with van der Waals surface area (Å²) in [6.07, 6.45) is 1.63. The number of aliphatic hydroxyl groups excluding tert-OH is 1. The van der Waals surface area contributed by atoms with Gasteiger partial charge in [0.15, 0.2) is 0 Å². The van der Waals surface area contributed by atoms with Crippen LogP contribution in [0.1, 0.15) is 67.8 Å². The Bertz CT molecular complexity index is 1170. The van der Waals surface area contributed by atoms with Gasteiger partial charge in [-0.15, -0.1) is 0 Å². The third kappa shape index (κ3) is 6.11. The van der Waals surface area contributed by atoms with Gasteiger partial charge >= 0.3 is 0 Å². The number of amides is 1. The second-order valence-electron chi connectivity index (χ2n) is 10.5. The Kier molecular flexibility index (Phi) is 9.23. The van der Waals surface area contributed by atoms with Crippen LogP contribution in [0.2, 0.25) is 0 Å². The number of likely N-dealkylation sites (tertiary alicyclic amines) is 1.